The minimum absolute atomic E-state index is 0.0915. The molecular weight excluding hydrogens is 440 g/mol. The van der Waals surface area contributed by atoms with E-state index in [0.717, 1.165) is 29.8 Å². The van der Waals surface area contributed by atoms with Crippen LogP contribution in [0.15, 0.2) is 48.0 Å². The van der Waals surface area contributed by atoms with E-state index in [0.29, 0.717) is 30.2 Å². The Kier molecular flexibility index (Phi) is 8.16. The lowest BCUT2D eigenvalue weighted by atomic mass is 9.94. The van der Waals surface area contributed by atoms with E-state index in [1.165, 1.54) is 0 Å². The topological polar surface area (TPSA) is 70.1 Å². The molecule has 2 aromatic carbocycles. The number of aliphatic hydroxyl groups excluding tert-OH is 1. The van der Waals surface area contributed by atoms with Gasteiger partial charge in [-0.15, -0.1) is 0 Å². The van der Waals surface area contributed by atoms with Gasteiger partial charge in [0.15, 0.2) is 0 Å². The average molecular weight is 471 g/mol. The maximum atomic E-state index is 13.1. The molecule has 7 heteroatoms. The molecule has 2 aromatic rings. The summed E-state index contributed by atoms with van der Waals surface area (Å²) in [6, 6.07) is 11.6. The van der Waals surface area contributed by atoms with Gasteiger partial charge in [0.25, 0.3) is 11.7 Å². The highest BCUT2D eigenvalue weighted by Gasteiger charge is 2.45. The van der Waals surface area contributed by atoms with Crippen LogP contribution < -0.4 is 4.74 Å². The van der Waals surface area contributed by atoms with Gasteiger partial charge in [0, 0.05) is 17.1 Å². The van der Waals surface area contributed by atoms with Crippen molar-refractivity contribution in [3.8, 4) is 5.75 Å². The molecule has 0 aromatic heterocycles. The number of nitrogens with zero attached hydrogens (tertiary/aromatic N) is 2. The van der Waals surface area contributed by atoms with Gasteiger partial charge < -0.3 is 19.6 Å². The molecule has 1 saturated heterocycles. The number of aliphatic hydroxyl groups is 1. The Balaban J connectivity index is 2.05. The normalized spacial score (nSPS) is 17.8. The second kappa shape index (κ2) is 10.9. The van der Waals surface area contributed by atoms with E-state index in [9.17, 15) is 14.7 Å². The number of carbonyl (C=O) groups is 2. The van der Waals surface area contributed by atoms with Crippen LogP contribution in [0.1, 0.15) is 42.5 Å². The number of amides is 1. The van der Waals surface area contributed by atoms with E-state index in [1.54, 1.807) is 47.4 Å². The first-order chi connectivity index (χ1) is 15.7. The molecule has 33 heavy (non-hydrogen) atoms. The molecule has 1 aliphatic rings. The maximum Gasteiger partial charge on any atom is 0.295 e. The van der Waals surface area contributed by atoms with Crippen LogP contribution >= 0.6 is 11.6 Å². The van der Waals surface area contributed by atoms with Crippen molar-refractivity contribution in [2.75, 3.05) is 33.8 Å². The SMILES string of the molecule is CCCOc1ccc(C(O)=C2C(=O)C(=O)N(CCCN(C)C)[C@@H]2c2ccc(Cl)cc2)cc1C. The van der Waals surface area contributed by atoms with Gasteiger partial charge >= 0.3 is 0 Å². The fraction of sp³-hybridized carbons (Fsp3) is 0.385. The van der Waals surface area contributed by atoms with Crippen LogP contribution in [-0.2, 0) is 9.59 Å². The second-order valence-electron chi connectivity index (χ2n) is 8.53. The highest BCUT2D eigenvalue weighted by molar-refractivity contribution is 6.46. The summed E-state index contributed by atoms with van der Waals surface area (Å²) < 4.78 is 5.72. The molecule has 6 nitrogen and oxygen atoms in total. The smallest absolute Gasteiger partial charge is 0.295 e. The van der Waals surface area contributed by atoms with Crippen molar-refractivity contribution in [1.82, 2.24) is 9.80 Å². The molecule has 0 unspecified atom stereocenters. The van der Waals surface area contributed by atoms with Crippen molar-refractivity contribution in [3.05, 3.63) is 69.8 Å². The number of likely N-dealkylation sites (tertiary alicyclic amines) is 1. The molecule has 0 radical (unpaired) electrons. The van der Waals surface area contributed by atoms with E-state index < -0.39 is 17.7 Å². The van der Waals surface area contributed by atoms with Crippen LogP contribution in [-0.4, -0.2) is 60.4 Å². The van der Waals surface area contributed by atoms with E-state index >= 15 is 0 Å². The average Bonchev–Trinajstić information content (AvgIpc) is 3.03. The van der Waals surface area contributed by atoms with Crippen LogP contribution in [0.2, 0.25) is 5.02 Å². The quantitative estimate of drug-likeness (QED) is 0.323. The molecule has 1 heterocycles. The Labute approximate surface area is 200 Å². The maximum absolute atomic E-state index is 13.1. The Morgan fingerprint density at radius 1 is 1.15 bits per heavy atom. The molecule has 0 bridgehead atoms. The fourth-order valence-corrected chi connectivity index (χ4v) is 4.11. The van der Waals surface area contributed by atoms with Crippen LogP contribution in [0.4, 0.5) is 0 Å². The molecule has 3 rings (SSSR count). The molecule has 0 aliphatic carbocycles. The number of hydrogen-bond acceptors (Lipinski definition) is 5. The third-order valence-electron chi connectivity index (χ3n) is 5.64. The summed E-state index contributed by atoms with van der Waals surface area (Å²) >= 11 is 6.07. The monoisotopic (exact) mass is 470 g/mol. The number of benzene rings is 2. The number of ether oxygens (including phenoxy) is 1. The molecule has 0 spiro atoms. The largest absolute Gasteiger partial charge is 0.507 e. The van der Waals surface area contributed by atoms with Gasteiger partial charge in [-0.05, 0) is 81.9 Å². The van der Waals surface area contributed by atoms with Crippen molar-refractivity contribution >= 4 is 29.1 Å². The van der Waals surface area contributed by atoms with Gasteiger partial charge in [-0.25, -0.2) is 0 Å². The summed E-state index contributed by atoms with van der Waals surface area (Å²) in [5.74, 6) is -0.739. The highest BCUT2D eigenvalue weighted by atomic mass is 35.5. The first-order valence-electron chi connectivity index (χ1n) is 11.2. The lowest BCUT2D eigenvalue weighted by Crippen LogP contribution is -2.32. The Morgan fingerprint density at radius 3 is 2.45 bits per heavy atom. The number of aryl methyl sites for hydroxylation is 1. The van der Waals surface area contributed by atoms with Crippen molar-refractivity contribution in [2.24, 2.45) is 0 Å². The van der Waals surface area contributed by atoms with Gasteiger partial charge in [0.05, 0.1) is 18.2 Å². The van der Waals surface area contributed by atoms with E-state index in [4.69, 9.17) is 16.3 Å². The molecule has 1 aliphatic heterocycles. The highest BCUT2D eigenvalue weighted by Crippen LogP contribution is 2.40. The standard InChI is InChI=1S/C26H31ClN2O4/c1-5-15-33-21-12-9-19(16-17(21)2)24(30)22-23(18-7-10-20(27)11-8-18)29(26(32)25(22)31)14-6-13-28(3)4/h7-12,16,23,30H,5-6,13-15H2,1-4H3/t23-/m1/s1. The molecule has 176 valence electrons. The summed E-state index contributed by atoms with van der Waals surface area (Å²) in [4.78, 5) is 29.7. The Morgan fingerprint density at radius 2 is 1.85 bits per heavy atom. The predicted octanol–water partition coefficient (Wildman–Crippen LogP) is 4.81. The summed E-state index contributed by atoms with van der Waals surface area (Å²) in [5, 5.41) is 11.8. The van der Waals surface area contributed by atoms with Gasteiger partial charge in [-0.1, -0.05) is 30.7 Å². The molecule has 1 amide bonds. The summed E-state index contributed by atoms with van der Waals surface area (Å²) in [5.41, 5.74) is 2.13. The number of rotatable bonds is 9. The Hall–Kier alpha value is -2.83. The number of carbonyl (C=O) groups excluding carboxylic acids is 2. The lowest BCUT2D eigenvalue weighted by Gasteiger charge is -2.26. The Bertz CT molecular complexity index is 1050. The van der Waals surface area contributed by atoms with E-state index in [-0.39, 0.29) is 11.3 Å². The molecule has 1 fully saturated rings. The number of halogens is 1. The lowest BCUT2D eigenvalue weighted by molar-refractivity contribution is -0.139. The third-order valence-corrected chi connectivity index (χ3v) is 5.89. The van der Waals surface area contributed by atoms with Crippen molar-refractivity contribution in [2.45, 2.75) is 32.7 Å². The van der Waals surface area contributed by atoms with Gasteiger partial charge in [0.2, 0.25) is 0 Å². The fourth-order valence-electron chi connectivity index (χ4n) is 3.99. The van der Waals surface area contributed by atoms with Crippen LogP contribution in [0.25, 0.3) is 5.76 Å². The van der Waals surface area contributed by atoms with Gasteiger partial charge in [0.1, 0.15) is 11.5 Å². The first kappa shape index (κ1) is 24.8. The number of hydrogen-bond donors (Lipinski definition) is 1. The summed E-state index contributed by atoms with van der Waals surface area (Å²) in [7, 11) is 3.92. The predicted molar refractivity (Wildman–Crippen MR) is 131 cm³/mol. The van der Waals surface area contributed by atoms with Gasteiger partial charge in [-0.3, -0.25) is 9.59 Å². The molecule has 0 saturated carbocycles. The molecule has 1 N–H and O–H groups in total. The van der Waals surface area contributed by atoms with Crippen LogP contribution in [0, 0.1) is 6.92 Å². The summed E-state index contributed by atoms with van der Waals surface area (Å²) in [6.07, 6.45) is 1.59. The number of ketones is 1. The first-order valence-corrected chi connectivity index (χ1v) is 11.5. The summed E-state index contributed by atoms with van der Waals surface area (Å²) in [6.45, 7) is 5.69. The molecular formula is C26H31ClN2O4. The zero-order chi connectivity index (χ0) is 24.1. The third kappa shape index (κ3) is 5.57. The van der Waals surface area contributed by atoms with Crippen LogP contribution in [0.5, 0.6) is 5.75 Å². The number of Topliss-reactive ketones (excluding diaryl/α,β-unsaturated/α-hetero) is 1. The van der Waals surface area contributed by atoms with E-state index in [1.807, 2.05) is 32.8 Å². The molecule has 1 atom stereocenters. The van der Waals surface area contributed by atoms with Crippen molar-refractivity contribution in [1.29, 1.82) is 0 Å². The van der Waals surface area contributed by atoms with Crippen LogP contribution in [0.3, 0.4) is 0 Å². The zero-order valence-corrected chi connectivity index (χ0v) is 20.4. The minimum atomic E-state index is -0.680. The van der Waals surface area contributed by atoms with E-state index in [2.05, 4.69) is 0 Å². The zero-order valence-electron chi connectivity index (χ0n) is 19.6. The van der Waals surface area contributed by atoms with Crippen molar-refractivity contribution in [3.63, 3.8) is 0 Å². The van der Waals surface area contributed by atoms with Crippen molar-refractivity contribution < 1.29 is 19.4 Å². The van der Waals surface area contributed by atoms with Gasteiger partial charge in [-0.2, -0.15) is 0 Å². The minimum Gasteiger partial charge on any atom is -0.507 e. The second-order valence-corrected chi connectivity index (χ2v) is 8.97.